The fourth-order valence-electron chi connectivity index (χ4n) is 1.98. The van der Waals surface area contributed by atoms with E-state index in [2.05, 4.69) is 10.3 Å². The molecule has 0 spiro atoms. The summed E-state index contributed by atoms with van der Waals surface area (Å²) < 4.78 is 0. The molecule has 0 aromatic carbocycles. The summed E-state index contributed by atoms with van der Waals surface area (Å²) in [7, 11) is 0. The molecule has 1 fully saturated rings. The standard InChI is InChI=1S/C14H18N2O3S/c1-7(10-4-5-10)6-11(17)15-9(3)13-16-8(2)12(20-13)14(18)19/h6,9-10H,4-5H2,1-3H3,(H,15,17)(H,18,19)/b7-6+/t9-/m0/s1. The second kappa shape index (κ2) is 5.75. The molecular formula is C14H18N2O3S. The van der Waals surface area contributed by atoms with Gasteiger partial charge in [0.1, 0.15) is 9.88 Å². The van der Waals surface area contributed by atoms with Crippen molar-refractivity contribution in [1.29, 1.82) is 0 Å². The number of amides is 1. The second-order valence-corrected chi connectivity index (χ2v) is 6.20. The lowest BCUT2D eigenvalue weighted by atomic mass is 10.2. The van der Waals surface area contributed by atoms with E-state index in [4.69, 9.17) is 5.11 Å². The zero-order valence-electron chi connectivity index (χ0n) is 11.8. The van der Waals surface area contributed by atoms with Crippen molar-refractivity contribution >= 4 is 23.2 Å². The van der Waals surface area contributed by atoms with Gasteiger partial charge in [0, 0.05) is 6.08 Å². The number of carbonyl (C=O) groups excluding carboxylic acids is 1. The molecule has 0 unspecified atom stereocenters. The minimum absolute atomic E-state index is 0.147. The van der Waals surface area contributed by atoms with E-state index < -0.39 is 5.97 Å². The molecule has 1 aromatic rings. The highest BCUT2D eigenvalue weighted by Crippen LogP contribution is 2.35. The van der Waals surface area contributed by atoms with Crippen LogP contribution in [0.3, 0.4) is 0 Å². The van der Waals surface area contributed by atoms with Gasteiger partial charge in [-0.05, 0) is 39.5 Å². The first-order valence-electron chi connectivity index (χ1n) is 6.57. The fourth-order valence-corrected chi connectivity index (χ4v) is 2.89. The van der Waals surface area contributed by atoms with E-state index in [9.17, 15) is 9.59 Å². The molecule has 1 amide bonds. The fraction of sp³-hybridized carbons (Fsp3) is 0.500. The maximum absolute atomic E-state index is 11.9. The third-order valence-corrected chi connectivity index (χ3v) is 4.64. The van der Waals surface area contributed by atoms with Crippen LogP contribution in [0.15, 0.2) is 11.6 Å². The molecule has 0 aliphatic heterocycles. The van der Waals surface area contributed by atoms with Gasteiger partial charge in [0.15, 0.2) is 0 Å². The van der Waals surface area contributed by atoms with Crippen LogP contribution in [0.25, 0.3) is 0 Å². The molecule has 1 aromatic heterocycles. The van der Waals surface area contributed by atoms with E-state index in [1.54, 1.807) is 13.0 Å². The first-order chi connectivity index (χ1) is 9.38. The number of nitrogens with zero attached hydrogens (tertiary/aromatic N) is 1. The summed E-state index contributed by atoms with van der Waals surface area (Å²) in [5, 5.41) is 12.4. The Hall–Kier alpha value is -1.69. The van der Waals surface area contributed by atoms with Crippen molar-refractivity contribution in [2.45, 2.75) is 39.7 Å². The van der Waals surface area contributed by atoms with Crippen LogP contribution in [0, 0.1) is 12.8 Å². The lowest BCUT2D eigenvalue weighted by Gasteiger charge is -2.09. The van der Waals surface area contributed by atoms with E-state index in [-0.39, 0.29) is 16.8 Å². The normalized spacial score (nSPS) is 16.9. The highest BCUT2D eigenvalue weighted by Gasteiger charge is 2.24. The van der Waals surface area contributed by atoms with Gasteiger partial charge in [-0.1, -0.05) is 5.57 Å². The molecule has 1 atom stereocenters. The smallest absolute Gasteiger partial charge is 0.347 e. The molecule has 1 aliphatic carbocycles. The number of aryl methyl sites for hydroxylation is 1. The number of thiazole rings is 1. The third-order valence-electron chi connectivity index (χ3n) is 3.32. The topological polar surface area (TPSA) is 79.3 Å². The Labute approximate surface area is 121 Å². The van der Waals surface area contributed by atoms with Gasteiger partial charge in [-0.15, -0.1) is 11.3 Å². The Morgan fingerprint density at radius 1 is 1.50 bits per heavy atom. The Morgan fingerprint density at radius 3 is 2.65 bits per heavy atom. The molecule has 2 rings (SSSR count). The predicted molar refractivity (Wildman–Crippen MR) is 76.8 cm³/mol. The van der Waals surface area contributed by atoms with E-state index in [0.717, 1.165) is 16.9 Å². The van der Waals surface area contributed by atoms with Crippen molar-refractivity contribution in [3.8, 4) is 0 Å². The number of hydrogen-bond acceptors (Lipinski definition) is 4. The van der Waals surface area contributed by atoms with Crippen LogP contribution >= 0.6 is 11.3 Å². The van der Waals surface area contributed by atoms with Gasteiger partial charge in [-0.25, -0.2) is 9.78 Å². The van der Waals surface area contributed by atoms with Gasteiger partial charge in [0.05, 0.1) is 11.7 Å². The van der Waals surface area contributed by atoms with Gasteiger partial charge in [-0.2, -0.15) is 0 Å². The molecule has 0 radical (unpaired) electrons. The number of allylic oxidation sites excluding steroid dienone is 1. The Kier molecular flexibility index (Phi) is 4.23. The third kappa shape index (κ3) is 3.45. The minimum Gasteiger partial charge on any atom is -0.477 e. The van der Waals surface area contributed by atoms with Crippen molar-refractivity contribution in [1.82, 2.24) is 10.3 Å². The molecule has 1 heterocycles. The predicted octanol–water partition coefficient (Wildman–Crippen LogP) is 2.68. The number of aromatic carboxylic acids is 1. The van der Waals surface area contributed by atoms with Gasteiger partial charge in [0.25, 0.3) is 0 Å². The number of rotatable bonds is 5. The highest BCUT2D eigenvalue weighted by atomic mass is 32.1. The number of aromatic nitrogens is 1. The Balaban J connectivity index is 2.02. The summed E-state index contributed by atoms with van der Waals surface area (Å²) in [6, 6.07) is -0.289. The number of carbonyl (C=O) groups is 2. The second-order valence-electron chi connectivity index (χ2n) is 5.16. The molecule has 20 heavy (non-hydrogen) atoms. The van der Waals surface area contributed by atoms with Crippen LogP contribution in [-0.2, 0) is 4.79 Å². The first-order valence-corrected chi connectivity index (χ1v) is 7.39. The van der Waals surface area contributed by atoms with Gasteiger partial charge in [0.2, 0.25) is 5.91 Å². The Bertz CT molecular complexity index is 573. The minimum atomic E-state index is -0.978. The maximum atomic E-state index is 11.9. The largest absolute Gasteiger partial charge is 0.477 e. The average molecular weight is 294 g/mol. The molecule has 1 saturated carbocycles. The van der Waals surface area contributed by atoms with Crippen LogP contribution in [0.4, 0.5) is 0 Å². The van der Waals surface area contributed by atoms with E-state index in [1.807, 2.05) is 13.8 Å². The van der Waals surface area contributed by atoms with Crippen LogP contribution in [0.1, 0.15) is 53.1 Å². The quantitative estimate of drug-likeness (QED) is 0.818. The molecule has 1 aliphatic rings. The van der Waals surface area contributed by atoms with Crippen molar-refractivity contribution in [2.75, 3.05) is 0 Å². The molecule has 0 saturated heterocycles. The molecule has 6 heteroatoms. The molecule has 5 nitrogen and oxygen atoms in total. The zero-order valence-corrected chi connectivity index (χ0v) is 12.6. The number of hydrogen-bond donors (Lipinski definition) is 2. The van der Waals surface area contributed by atoms with Gasteiger partial charge >= 0.3 is 5.97 Å². The van der Waals surface area contributed by atoms with E-state index in [1.165, 1.54) is 12.8 Å². The Morgan fingerprint density at radius 2 is 2.15 bits per heavy atom. The van der Waals surface area contributed by atoms with Gasteiger partial charge < -0.3 is 10.4 Å². The summed E-state index contributed by atoms with van der Waals surface area (Å²) in [6.45, 7) is 5.44. The van der Waals surface area contributed by atoms with Crippen molar-refractivity contribution < 1.29 is 14.7 Å². The number of carboxylic acid groups (broad SMARTS) is 1. The molecule has 2 N–H and O–H groups in total. The average Bonchev–Trinajstić information content (AvgIpc) is 3.11. The van der Waals surface area contributed by atoms with Crippen molar-refractivity contribution in [3.05, 3.63) is 27.2 Å². The monoisotopic (exact) mass is 294 g/mol. The lowest BCUT2D eigenvalue weighted by molar-refractivity contribution is -0.117. The first kappa shape index (κ1) is 14.7. The van der Waals surface area contributed by atoms with Crippen LogP contribution in [0.5, 0.6) is 0 Å². The SMILES string of the molecule is C/C(=C\C(=O)N[C@@H](C)c1nc(C)c(C(=O)O)s1)C1CC1. The van der Waals surface area contributed by atoms with E-state index >= 15 is 0 Å². The molecule has 108 valence electrons. The van der Waals surface area contributed by atoms with Crippen LogP contribution < -0.4 is 5.32 Å². The number of nitrogens with one attached hydrogen (secondary N) is 1. The summed E-state index contributed by atoms with van der Waals surface area (Å²) in [4.78, 5) is 27.3. The highest BCUT2D eigenvalue weighted by molar-refractivity contribution is 7.13. The summed E-state index contributed by atoms with van der Waals surface area (Å²) in [6.07, 6.45) is 3.96. The number of carboxylic acids is 1. The lowest BCUT2D eigenvalue weighted by Crippen LogP contribution is -2.25. The zero-order chi connectivity index (χ0) is 14.9. The summed E-state index contributed by atoms with van der Waals surface area (Å²) in [5.41, 5.74) is 1.60. The molecular weight excluding hydrogens is 276 g/mol. The molecule has 0 bridgehead atoms. The van der Waals surface area contributed by atoms with Crippen LogP contribution in [0.2, 0.25) is 0 Å². The van der Waals surface area contributed by atoms with Crippen molar-refractivity contribution in [3.63, 3.8) is 0 Å². The summed E-state index contributed by atoms with van der Waals surface area (Å²) >= 11 is 1.11. The van der Waals surface area contributed by atoms with E-state index in [0.29, 0.717) is 16.6 Å². The summed E-state index contributed by atoms with van der Waals surface area (Å²) in [5.74, 6) is -0.558. The maximum Gasteiger partial charge on any atom is 0.347 e. The van der Waals surface area contributed by atoms with Crippen LogP contribution in [-0.4, -0.2) is 22.0 Å². The van der Waals surface area contributed by atoms with Gasteiger partial charge in [-0.3, -0.25) is 4.79 Å². The van der Waals surface area contributed by atoms with Crippen molar-refractivity contribution in [2.24, 2.45) is 5.92 Å².